The van der Waals surface area contributed by atoms with Gasteiger partial charge in [0.05, 0.1) is 0 Å². The largest absolute Gasteiger partial charge is 0.309 e. The Morgan fingerprint density at radius 1 is 0.500 bits per heavy atom. The Hall–Kier alpha value is 0.177. The zero-order valence-corrected chi connectivity index (χ0v) is 17.5. The topological polar surface area (TPSA) is 3.24 Å². The third-order valence-electron chi connectivity index (χ3n) is 4.64. The average molecular weight is 328 g/mol. The lowest BCUT2D eigenvalue weighted by Gasteiger charge is -2.08. The van der Waals surface area contributed by atoms with Crippen LogP contribution in [0, 0.1) is 0 Å². The van der Waals surface area contributed by atoms with Gasteiger partial charge in [-0.05, 0) is 27.1 Å². The molecule has 0 saturated heterocycles. The predicted octanol–water partition coefficient (Wildman–Crippen LogP) is 6.50. The zero-order valence-electron chi connectivity index (χ0n) is 16.3. The molecule has 0 aliphatic carbocycles. The molecular formula is C20H45NSi. The molecule has 0 N–H and O–H groups in total. The highest BCUT2D eigenvalue weighted by molar-refractivity contribution is 6.55. The molecule has 0 bridgehead atoms. The molecule has 1 nitrogen and oxygen atoms in total. The van der Waals surface area contributed by atoms with Crippen molar-refractivity contribution in [3.8, 4) is 0 Å². The summed E-state index contributed by atoms with van der Waals surface area (Å²) in [6, 6.07) is 1.56. The minimum atomic E-state index is -0.268. The third-order valence-corrected chi connectivity index (χ3v) is 6.20. The van der Waals surface area contributed by atoms with Crippen LogP contribution in [0.2, 0.25) is 19.1 Å². The van der Waals surface area contributed by atoms with Gasteiger partial charge in [0.15, 0.2) is 0 Å². The van der Waals surface area contributed by atoms with Crippen LogP contribution >= 0.6 is 0 Å². The number of hydrogen-bond acceptors (Lipinski definition) is 1. The molecule has 0 aliphatic rings. The van der Waals surface area contributed by atoms with Gasteiger partial charge in [-0.1, -0.05) is 103 Å². The van der Waals surface area contributed by atoms with Gasteiger partial charge in [-0.25, -0.2) is 0 Å². The van der Waals surface area contributed by atoms with Gasteiger partial charge in [0.1, 0.15) is 0 Å². The molecular weight excluding hydrogens is 282 g/mol. The lowest BCUT2D eigenvalue weighted by atomic mass is 10.0. The highest BCUT2D eigenvalue weighted by Gasteiger charge is 1.97. The Morgan fingerprint density at radius 3 is 1.14 bits per heavy atom. The van der Waals surface area contributed by atoms with Crippen molar-refractivity contribution in [1.29, 1.82) is 0 Å². The van der Waals surface area contributed by atoms with Crippen molar-refractivity contribution >= 4 is 8.80 Å². The Balaban J connectivity index is 2.97. The van der Waals surface area contributed by atoms with Crippen LogP contribution in [0.3, 0.4) is 0 Å². The molecule has 0 aliphatic heterocycles. The normalized spacial score (nSPS) is 11.7. The third kappa shape index (κ3) is 20.2. The van der Waals surface area contributed by atoms with Crippen LogP contribution in [0.25, 0.3) is 0 Å². The van der Waals surface area contributed by atoms with Crippen LogP contribution in [-0.4, -0.2) is 34.3 Å². The molecule has 0 radical (unpaired) electrons. The molecule has 2 heteroatoms. The summed E-state index contributed by atoms with van der Waals surface area (Å²) in [5.74, 6) is 0. The monoisotopic (exact) mass is 327 g/mol. The van der Waals surface area contributed by atoms with Gasteiger partial charge in [-0.2, -0.15) is 0 Å². The van der Waals surface area contributed by atoms with E-state index >= 15 is 0 Å². The molecule has 0 atom stereocenters. The minimum Gasteiger partial charge on any atom is -0.309 e. The highest BCUT2D eigenvalue weighted by atomic mass is 28.3. The fraction of sp³-hybridized carbons (Fsp3) is 1.00. The molecule has 0 aromatic rings. The van der Waals surface area contributed by atoms with Gasteiger partial charge >= 0.3 is 0 Å². The summed E-state index contributed by atoms with van der Waals surface area (Å²) in [7, 11) is 4.08. The smallest absolute Gasteiger partial charge is 0.0305 e. The van der Waals surface area contributed by atoms with Crippen molar-refractivity contribution in [2.75, 3.05) is 20.6 Å². The number of unbranched alkanes of at least 4 members (excludes halogenated alkanes) is 13. The SMILES string of the molecule is CN(C)CCCCCCCCCCCCCCCC[SiH](C)C. The molecule has 0 fully saturated rings. The van der Waals surface area contributed by atoms with E-state index in [1.165, 1.54) is 96.4 Å². The summed E-state index contributed by atoms with van der Waals surface area (Å²) < 4.78 is 0. The second-order valence-electron chi connectivity index (χ2n) is 7.94. The van der Waals surface area contributed by atoms with E-state index in [-0.39, 0.29) is 8.80 Å². The van der Waals surface area contributed by atoms with E-state index in [0.717, 1.165) is 0 Å². The first kappa shape index (κ1) is 22.2. The maximum absolute atomic E-state index is 2.48. The molecule has 0 unspecified atom stereocenters. The summed E-state index contributed by atoms with van der Waals surface area (Å²) in [6.07, 6.45) is 20.6. The Labute approximate surface area is 143 Å². The summed E-state index contributed by atoms with van der Waals surface area (Å²) >= 11 is 0. The van der Waals surface area contributed by atoms with E-state index in [0.29, 0.717) is 0 Å². The first-order valence-corrected chi connectivity index (χ1v) is 13.4. The average Bonchev–Trinajstić information content (AvgIpc) is 2.46. The lowest BCUT2D eigenvalue weighted by Crippen LogP contribution is -2.12. The molecule has 0 amide bonds. The molecule has 0 aromatic carbocycles. The molecule has 0 heterocycles. The van der Waals surface area contributed by atoms with Crippen LogP contribution in [0.4, 0.5) is 0 Å². The zero-order chi connectivity index (χ0) is 16.5. The Kier molecular flexibility index (Phi) is 17.7. The van der Waals surface area contributed by atoms with Crippen LogP contribution in [0.5, 0.6) is 0 Å². The Morgan fingerprint density at radius 2 is 0.818 bits per heavy atom. The lowest BCUT2D eigenvalue weighted by molar-refractivity contribution is 0.389. The van der Waals surface area contributed by atoms with Crippen molar-refractivity contribution in [2.45, 2.75) is 109 Å². The fourth-order valence-electron chi connectivity index (χ4n) is 3.10. The summed E-state index contributed by atoms with van der Waals surface area (Å²) in [5.41, 5.74) is 0. The van der Waals surface area contributed by atoms with E-state index in [9.17, 15) is 0 Å². The fourth-order valence-corrected chi connectivity index (χ4v) is 4.21. The molecule has 0 saturated carbocycles. The first-order valence-electron chi connectivity index (χ1n) is 10.3. The first-order chi connectivity index (χ1) is 10.6. The van der Waals surface area contributed by atoms with Gasteiger partial charge < -0.3 is 4.90 Å². The van der Waals surface area contributed by atoms with Crippen LogP contribution in [0.1, 0.15) is 89.9 Å². The maximum Gasteiger partial charge on any atom is 0.0305 e. The van der Waals surface area contributed by atoms with E-state index < -0.39 is 0 Å². The van der Waals surface area contributed by atoms with Gasteiger partial charge in [-0.15, -0.1) is 0 Å². The molecule has 0 spiro atoms. The van der Waals surface area contributed by atoms with Gasteiger partial charge in [0, 0.05) is 8.80 Å². The minimum absolute atomic E-state index is 0.268. The summed E-state index contributed by atoms with van der Waals surface area (Å²) in [4.78, 5) is 2.30. The molecule has 0 rings (SSSR count). The standard InChI is InChI=1S/C20H45NSi/c1-21(2)19-17-15-13-11-9-7-5-6-8-10-12-14-16-18-20-22(3)4/h22H,5-20H2,1-4H3. The van der Waals surface area contributed by atoms with Crippen LogP contribution in [0.15, 0.2) is 0 Å². The highest BCUT2D eigenvalue weighted by Crippen LogP contribution is 2.13. The van der Waals surface area contributed by atoms with Crippen molar-refractivity contribution < 1.29 is 0 Å². The number of nitrogens with zero attached hydrogens (tertiary/aromatic N) is 1. The number of hydrogen-bond donors (Lipinski definition) is 0. The van der Waals surface area contributed by atoms with E-state index in [1.807, 2.05) is 0 Å². The number of rotatable bonds is 17. The second kappa shape index (κ2) is 17.5. The Bertz CT molecular complexity index is 182. The van der Waals surface area contributed by atoms with Crippen molar-refractivity contribution in [1.82, 2.24) is 4.90 Å². The van der Waals surface area contributed by atoms with E-state index in [1.54, 1.807) is 6.04 Å². The van der Waals surface area contributed by atoms with Gasteiger partial charge in [0.2, 0.25) is 0 Å². The van der Waals surface area contributed by atoms with Gasteiger partial charge in [0.25, 0.3) is 0 Å². The van der Waals surface area contributed by atoms with Crippen molar-refractivity contribution in [2.24, 2.45) is 0 Å². The van der Waals surface area contributed by atoms with Crippen LogP contribution < -0.4 is 0 Å². The molecule has 0 aromatic heterocycles. The molecule has 22 heavy (non-hydrogen) atoms. The van der Waals surface area contributed by atoms with E-state index in [4.69, 9.17) is 0 Å². The predicted molar refractivity (Wildman–Crippen MR) is 107 cm³/mol. The molecule has 134 valence electrons. The second-order valence-corrected chi connectivity index (χ2v) is 11.3. The van der Waals surface area contributed by atoms with Crippen molar-refractivity contribution in [3.05, 3.63) is 0 Å². The summed E-state index contributed by atoms with van der Waals surface area (Å²) in [5, 5.41) is 0. The van der Waals surface area contributed by atoms with Gasteiger partial charge in [-0.3, -0.25) is 0 Å². The summed E-state index contributed by atoms with van der Waals surface area (Å²) in [6.45, 7) is 6.22. The maximum atomic E-state index is 2.48. The van der Waals surface area contributed by atoms with Crippen LogP contribution in [-0.2, 0) is 0 Å². The quantitative estimate of drug-likeness (QED) is 0.218. The van der Waals surface area contributed by atoms with Crippen molar-refractivity contribution in [3.63, 3.8) is 0 Å². The van der Waals surface area contributed by atoms with E-state index in [2.05, 4.69) is 32.1 Å².